The number of alkyl halides is 1. The van der Waals surface area contributed by atoms with Gasteiger partial charge >= 0.3 is 0 Å². The Morgan fingerprint density at radius 3 is 2.72 bits per heavy atom. The van der Waals surface area contributed by atoms with Gasteiger partial charge in [-0.15, -0.1) is 0 Å². The number of carbonyl (C=O) groups excluding carboxylic acids is 2. The van der Waals surface area contributed by atoms with Crippen molar-refractivity contribution in [2.75, 3.05) is 26.3 Å². The van der Waals surface area contributed by atoms with Crippen molar-refractivity contribution in [1.29, 1.82) is 5.41 Å². The molecule has 0 radical (unpaired) electrons. The third-order valence-electron chi connectivity index (χ3n) is 6.06. The molecule has 2 aromatic rings. The number of ether oxygens (including phenoxy) is 1. The van der Waals surface area contributed by atoms with Crippen LogP contribution in [0.5, 0.6) is 5.88 Å². The van der Waals surface area contributed by atoms with Crippen molar-refractivity contribution < 1.29 is 23.8 Å². The third kappa shape index (κ3) is 3.88. The molecule has 3 N–H and O–H groups in total. The Balaban J connectivity index is 1.56. The van der Waals surface area contributed by atoms with E-state index in [2.05, 4.69) is 10.4 Å². The van der Waals surface area contributed by atoms with Gasteiger partial charge in [-0.2, -0.15) is 9.61 Å². The first kappa shape index (κ1) is 20.7. The summed E-state index contributed by atoms with van der Waals surface area (Å²) in [6.45, 7) is 1.83. The average molecular weight is 444 g/mol. The van der Waals surface area contributed by atoms with E-state index in [4.69, 9.17) is 10.1 Å². The Labute approximate surface area is 182 Å². The van der Waals surface area contributed by atoms with Gasteiger partial charge in [-0.3, -0.25) is 15.0 Å². The minimum absolute atomic E-state index is 0.0312. The Morgan fingerprint density at radius 1 is 1.34 bits per heavy atom. The molecule has 11 heteroatoms. The van der Waals surface area contributed by atoms with Gasteiger partial charge in [-0.05, 0) is 31.8 Å². The fourth-order valence-electron chi connectivity index (χ4n) is 3.83. The van der Waals surface area contributed by atoms with Gasteiger partial charge in [-0.25, -0.2) is 4.39 Å². The summed E-state index contributed by atoms with van der Waals surface area (Å²) in [5.74, 6) is -1.26. The van der Waals surface area contributed by atoms with Crippen LogP contribution in [0.2, 0.25) is 0 Å². The number of fused-ring (bicyclic) bond motifs is 1. The predicted molar refractivity (Wildman–Crippen MR) is 111 cm³/mol. The summed E-state index contributed by atoms with van der Waals surface area (Å²) in [6.07, 6.45) is 6.79. The minimum Gasteiger partial charge on any atom is -0.493 e. The normalized spacial score (nSPS) is 20.1. The minimum atomic E-state index is -1.46. The number of amides is 2. The van der Waals surface area contributed by atoms with Crippen molar-refractivity contribution in [2.24, 2.45) is 0 Å². The molecule has 1 saturated heterocycles. The van der Waals surface area contributed by atoms with Crippen LogP contribution in [-0.2, 0) is 16.1 Å². The number of nitrogens with one attached hydrogen (secondary N) is 2. The smallest absolute Gasteiger partial charge is 0.260 e. The first-order valence-electron chi connectivity index (χ1n) is 10.8. The highest BCUT2D eigenvalue weighted by molar-refractivity contribution is 5.97. The number of hydrogen-bond donors (Lipinski definition) is 3. The molecule has 5 rings (SSSR count). The van der Waals surface area contributed by atoms with E-state index in [0.717, 1.165) is 17.4 Å². The van der Waals surface area contributed by atoms with Crippen LogP contribution >= 0.6 is 0 Å². The van der Waals surface area contributed by atoms with Crippen molar-refractivity contribution >= 4 is 23.5 Å². The van der Waals surface area contributed by atoms with Crippen molar-refractivity contribution in [3.63, 3.8) is 0 Å². The first-order valence-corrected chi connectivity index (χ1v) is 10.8. The zero-order valence-corrected chi connectivity index (χ0v) is 17.5. The van der Waals surface area contributed by atoms with Crippen LogP contribution in [0.4, 0.5) is 4.39 Å². The second-order valence-corrected chi connectivity index (χ2v) is 8.64. The summed E-state index contributed by atoms with van der Waals surface area (Å²) in [7, 11) is 0. The molecule has 0 unspecified atom stereocenters. The van der Waals surface area contributed by atoms with Crippen LogP contribution in [0.25, 0.3) is 11.7 Å². The van der Waals surface area contributed by atoms with Gasteiger partial charge in [0.15, 0.2) is 0 Å². The molecule has 0 bridgehead atoms. The monoisotopic (exact) mass is 444 g/mol. The highest BCUT2D eigenvalue weighted by Crippen LogP contribution is 2.41. The molecule has 2 saturated carbocycles. The Bertz CT molecular complexity index is 1170. The summed E-state index contributed by atoms with van der Waals surface area (Å²) in [5, 5.41) is 26.3. The van der Waals surface area contributed by atoms with E-state index in [9.17, 15) is 19.1 Å². The highest BCUT2D eigenvalue weighted by atomic mass is 19.1. The number of morpholine rings is 1. The van der Waals surface area contributed by atoms with E-state index in [1.807, 2.05) is 0 Å². The van der Waals surface area contributed by atoms with Crippen molar-refractivity contribution in [2.45, 2.75) is 43.9 Å². The van der Waals surface area contributed by atoms with E-state index in [0.29, 0.717) is 44.7 Å². The molecular weight excluding hydrogens is 419 g/mol. The largest absolute Gasteiger partial charge is 0.493 e. The maximum Gasteiger partial charge on any atom is 0.260 e. The molecule has 3 fully saturated rings. The van der Waals surface area contributed by atoms with E-state index in [-0.39, 0.29) is 35.2 Å². The second kappa shape index (κ2) is 7.73. The molecule has 10 nitrogen and oxygen atoms in total. The lowest BCUT2D eigenvalue weighted by Crippen LogP contribution is -2.39. The molecule has 0 atom stereocenters. The van der Waals surface area contributed by atoms with Crippen LogP contribution < -0.4 is 10.8 Å². The zero-order valence-electron chi connectivity index (χ0n) is 17.5. The number of hydrogen-bond acceptors (Lipinski definition) is 6. The van der Waals surface area contributed by atoms with E-state index in [1.165, 1.54) is 22.9 Å². The van der Waals surface area contributed by atoms with Gasteiger partial charge in [0.1, 0.15) is 22.4 Å². The number of carbonyl (C=O) groups is 2. The molecule has 3 heterocycles. The van der Waals surface area contributed by atoms with Gasteiger partial charge < -0.3 is 24.6 Å². The van der Waals surface area contributed by atoms with Gasteiger partial charge in [0, 0.05) is 30.8 Å². The second-order valence-electron chi connectivity index (χ2n) is 8.64. The summed E-state index contributed by atoms with van der Waals surface area (Å²) in [6, 6.07) is 0.0312. The molecule has 0 aromatic carbocycles. The van der Waals surface area contributed by atoms with Gasteiger partial charge in [0.2, 0.25) is 11.8 Å². The number of aromatic hydroxyl groups is 1. The molecule has 2 aromatic heterocycles. The third-order valence-corrected chi connectivity index (χ3v) is 6.06. The molecule has 2 aliphatic carbocycles. The van der Waals surface area contributed by atoms with Crippen molar-refractivity contribution in [3.8, 4) is 5.88 Å². The number of rotatable bonds is 6. The topological polar surface area (TPSA) is 125 Å². The van der Waals surface area contributed by atoms with Crippen molar-refractivity contribution in [3.05, 3.63) is 28.9 Å². The quantitative estimate of drug-likeness (QED) is 0.563. The summed E-state index contributed by atoms with van der Waals surface area (Å²) >= 11 is 0. The lowest BCUT2D eigenvalue weighted by molar-refractivity contribution is -0.129. The maximum atomic E-state index is 14.8. The standard InChI is InChI=1S/C21H25FN6O4/c22-21(5-6-21)12-27-17(23)16(18(30)25-14-2-3-14)20(31)28-19(27)13(11-24-28)1-4-15(29)26-7-9-32-10-8-26/h1,4,11,14,23,31H,2-3,5-10,12H2,(H,25,30)/b4-1+,23-17?. The van der Waals surface area contributed by atoms with Crippen LogP contribution in [-0.4, -0.2) is 74.0 Å². The predicted octanol–water partition coefficient (Wildman–Crippen LogP) is 0.587. The number of halogens is 1. The Kier molecular flexibility index (Phi) is 5.00. The summed E-state index contributed by atoms with van der Waals surface area (Å²) in [4.78, 5) is 26.8. The molecular formula is C21H25FN6O4. The molecule has 1 aliphatic heterocycles. The van der Waals surface area contributed by atoms with E-state index < -0.39 is 17.5 Å². The fraction of sp³-hybridized carbons (Fsp3) is 0.524. The molecule has 0 spiro atoms. The lowest BCUT2D eigenvalue weighted by Gasteiger charge is -2.25. The molecule has 170 valence electrons. The highest BCUT2D eigenvalue weighted by Gasteiger charge is 2.44. The van der Waals surface area contributed by atoms with Gasteiger partial charge in [-0.1, -0.05) is 0 Å². The first-order chi connectivity index (χ1) is 15.4. The van der Waals surface area contributed by atoms with Gasteiger partial charge in [0.05, 0.1) is 26.0 Å². The summed E-state index contributed by atoms with van der Waals surface area (Å²) in [5.41, 5.74) is -1.29. The van der Waals surface area contributed by atoms with Crippen LogP contribution in [0, 0.1) is 5.41 Å². The Morgan fingerprint density at radius 2 is 2.06 bits per heavy atom. The molecule has 32 heavy (non-hydrogen) atoms. The number of aromatic nitrogens is 3. The van der Waals surface area contributed by atoms with E-state index in [1.54, 1.807) is 4.90 Å². The van der Waals surface area contributed by atoms with Gasteiger partial charge in [0.25, 0.3) is 5.91 Å². The lowest BCUT2D eigenvalue weighted by atomic mass is 10.2. The summed E-state index contributed by atoms with van der Waals surface area (Å²) < 4.78 is 22.5. The fourth-order valence-corrected chi connectivity index (χ4v) is 3.83. The van der Waals surface area contributed by atoms with Crippen LogP contribution in [0.1, 0.15) is 41.6 Å². The average Bonchev–Trinajstić information content (AvgIpc) is 3.69. The van der Waals surface area contributed by atoms with Crippen LogP contribution in [0.3, 0.4) is 0 Å². The molecule has 2 amide bonds. The van der Waals surface area contributed by atoms with Crippen LogP contribution in [0.15, 0.2) is 12.3 Å². The molecule has 3 aliphatic rings. The van der Waals surface area contributed by atoms with Crippen molar-refractivity contribution in [1.82, 2.24) is 24.4 Å². The Hall–Kier alpha value is -3.21. The zero-order chi connectivity index (χ0) is 22.5. The van der Waals surface area contributed by atoms with E-state index >= 15 is 0 Å². The number of nitrogens with zero attached hydrogens (tertiary/aromatic N) is 4. The SMILES string of the molecule is N=c1c(C(=O)NC2CC2)c(O)n2ncc(/C=C/C(=O)N3CCOCC3)c2n1CC1(F)CC1. The maximum absolute atomic E-state index is 14.8.